The summed E-state index contributed by atoms with van der Waals surface area (Å²) in [6.07, 6.45) is -4.56. The number of nitrogens with one attached hydrogen (secondary N) is 1. The predicted molar refractivity (Wildman–Crippen MR) is 119 cm³/mol. The van der Waals surface area contributed by atoms with E-state index in [-0.39, 0.29) is 30.9 Å². The van der Waals surface area contributed by atoms with Crippen molar-refractivity contribution in [1.82, 2.24) is 15.1 Å². The van der Waals surface area contributed by atoms with Gasteiger partial charge in [0.05, 0.1) is 18.7 Å². The zero-order valence-corrected chi connectivity index (χ0v) is 19.4. The Kier molecular flexibility index (Phi) is 6.17. The Morgan fingerprint density at radius 2 is 1.50 bits per heavy atom. The van der Waals surface area contributed by atoms with Crippen LogP contribution in [0.1, 0.15) is 23.6 Å². The summed E-state index contributed by atoms with van der Waals surface area (Å²) in [5.74, 6) is -4.07. The van der Waals surface area contributed by atoms with E-state index in [0.29, 0.717) is 5.56 Å². The Balaban J connectivity index is 1.64. The van der Waals surface area contributed by atoms with E-state index in [1.165, 1.54) is 41.1 Å². The molecule has 0 aliphatic carbocycles. The summed E-state index contributed by atoms with van der Waals surface area (Å²) in [6.45, 7) is 0.0278. The van der Waals surface area contributed by atoms with Crippen LogP contribution in [0.25, 0.3) is 0 Å². The van der Waals surface area contributed by atoms with Gasteiger partial charge < -0.3 is 20.0 Å². The molecular formula is C24H23F5N4O3. The molecule has 0 bridgehead atoms. The molecule has 0 aromatic heterocycles. The summed E-state index contributed by atoms with van der Waals surface area (Å²) in [7, 11) is 1.42. The number of likely N-dealkylation sites (tertiary alicyclic amines) is 1. The lowest BCUT2D eigenvalue weighted by Crippen LogP contribution is -2.81. The van der Waals surface area contributed by atoms with Crippen LogP contribution in [0.2, 0.25) is 0 Å². The van der Waals surface area contributed by atoms with E-state index in [0.717, 1.165) is 36.1 Å². The van der Waals surface area contributed by atoms with Crippen molar-refractivity contribution in [1.29, 1.82) is 0 Å². The second kappa shape index (κ2) is 8.75. The number of urea groups is 1. The lowest BCUT2D eigenvalue weighted by Gasteiger charge is -2.57. The van der Waals surface area contributed by atoms with Gasteiger partial charge >= 0.3 is 12.2 Å². The molecule has 4 rings (SSSR count). The number of benzene rings is 2. The number of piperazine rings is 1. The molecule has 2 aliphatic rings. The van der Waals surface area contributed by atoms with Gasteiger partial charge in [0.1, 0.15) is 6.54 Å². The van der Waals surface area contributed by atoms with Crippen molar-refractivity contribution in [2.45, 2.75) is 31.1 Å². The number of hydrogen-bond donors (Lipinski definition) is 1. The molecule has 0 saturated carbocycles. The number of amides is 4. The number of alkyl halides is 5. The van der Waals surface area contributed by atoms with Gasteiger partial charge in [-0.25, -0.2) is 13.6 Å². The highest BCUT2D eigenvalue weighted by atomic mass is 19.4. The van der Waals surface area contributed by atoms with Gasteiger partial charge in [0.2, 0.25) is 5.91 Å². The fourth-order valence-electron chi connectivity index (χ4n) is 4.45. The fourth-order valence-corrected chi connectivity index (χ4v) is 4.45. The largest absolute Gasteiger partial charge is 0.416 e. The smallest absolute Gasteiger partial charge is 0.341 e. The number of rotatable bonds is 4. The van der Waals surface area contributed by atoms with Gasteiger partial charge in [0.15, 0.2) is 5.54 Å². The standard InChI is InChI=1S/C24H23F5N4O3/c1-22(25,26)16-5-3-15(4-6-16)11-33-19(34)12-32(18-9-7-17(8-10-18)24(27,28)29)20(35)23(33)13-31(14-23)21(36)30-2/h3-10H,11-14H2,1-2H3,(H,30,36). The third-order valence-corrected chi connectivity index (χ3v) is 6.47. The minimum absolute atomic E-state index is 0.0669. The number of carbonyl (C=O) groups excluding carboxylic acids is 3. The minimum Gasteiger partial charge on any atom is -0.341 e. The van der Waals surface area contributed by atoms with Crippen LogP contribution >= 0.6 is 0 Å². The van der Waals surface area contributed by atoms with E-state index in [1.807, 2.05) is 0 Å². The maximum atomic E-state index is 13.7. The van der Waals surface area contributed by atoms with E-state index in [1.54, 1.807) is 0 Å². The molecule has 2 aliphatic heterocycles. The highest BCUT2D eigenvalue weighted by Gasteiger charge is 2.60. The van der Waals surface area contributed by atoms with Crippen molar-refractivity contribution in [2.24, 2.45) is 0 Å². The van der Waals surface area contributed by atoms with Crippen molar-refractivity contribution in [3.63, 3.8) is 0 Å². The summed E-state index contributed by atoms with van der Waals surface area (Å²) >= 11 is 0. The van der Waals surface area contributed by atoms with Crippen molar-refractivity contribution in [3.8, 4) is 0 Å². The van der Waals surface area contributed by atoms with Crippen molar-refractivity contribution >= 4 is 23.5 Å². The number of halogens is 5. The molecular weight excluding hydrogens is 487 g/mol. The highest BCUT2D eigenvalue weighted by Crippen LogP contribution is 2.38. The maximum Gasteiger partial charge on any atom is 0.416 e. The second-order valence-corrected chi connectivity index (χ2v) is 8.94. The van der Waals surface area contributed by atoms with Gasteiger partial charge in [0.25, 0.3) is 11.8 Å². The van der Waals surface area contributed by atoms with Crippen LogP contribution in [-0.2, 0) is 28.2 Å². The Morgan fingerprint density at radius 3 is 2.00 bits per heavy atom. The van der Waals surface area contributed by atoms with Crippen LogP contribution in [0.4, 0.5) is 32.4 Å². The Labute approximate surface area is 203 Å². The average Bonchev–Trinajstić information content (AvgIpc) is 2.79. The van der Waals surface area contributed by atoms with Gasteiger partial charge in [-0.1, -0.05) is 24.3 Å². The molecule has 12 heteroatoms. The second-order valence-electron chi connectivity index (χ2n) is 8.94. The Hall–Kier alpha value is -3.70. The van der Waals surface area contributed by atoms with E-state index >= 15 is 0 Å². The van der Waals surface area contributed by atoms with Crippen LogP contribution in [0, 0.1) is 0 Å². The van der Waals surface area contributed by atoms with E-state index < -0.39 is 47.6 Å². The summed E-state index contributed by atoms with van der Waals surface area (Å²) in [5.41, 5.74) is -1.92. The fraction of sp³-hybridized carbons (Fsp3) is 0.375. The number of nitrogens with zero attached hydrogens (tertiary/aromatic N) is 3. The highest BCUT2D eigenvalue weighted by molar-refractivity contribution is 6.10. The van der Waals surface area contributed by atoms with E-state index in [9.17, 15) is 36.3 Å². The first-order valence-electron chi connectivity index (χ1n) is 11.0. The van der Waals surface area contributed by atoms with E-state index in [2.05, 4.69) is 5.32 Å². The number of carbonyl (C=O) groups is 3. The summed E-state index contributed by atoms with van der Waals surface area (Å²) in [6, 6.07) is 8.80. The normalized spacial score (nSPS) is 17.9. The molecule has 192 valence electrons. The zero-order chi connectivity index (χ0) is 26.5. The van der Waals surface area contributed by atoms with Crippen LogP contribution < -0.4 is 10.2 Å². The van der Waals surface area contributed by atoms with E-state index in [4.69, 9.17) is 0 Å². The molecule has 0 atom stereocenters. The summed E-state index contributed by atoms with van der Waals surface area (Å²) < 4.78 is 66.0. The van der Waals surface area contributed by atoms with Crippen LogP contribution in [0.5, 0.6) is 0 Å². The molecule has 2 aromatic carbocycles. The molecule has 2 saturated heterocycles. The monoisotopic (exact) mass is 510 g/mol. The zero-order valence-electron chi connectivity index (χ0n) is 19.4. The Bertz CT molecular complexity index is 1170. The first-order valence-corrected chi connectivity index (χ1v) is 11.0. The molecule has 4 amide bonds. The molecule has 0 radical (unpaired) electrons. The molecule has 2 fully saturated rings. The molecule has 1 N–H and O–H groups in total. The van der Waals surface area contributed by atoms with Gasteiger partial charge in [-0.3, -0.25) is 9.59 Å². The van der Waals surface area contributed by atoms with Crippen LogP contribution in [-0.4, -0.2) is 59.9 Å². The number of hydrogen-bond acceptors (Lipinski definition) is 3. The molecule has 36 heavy (non-hydrogen) atoms. The first-order chi connectivity index (χ1) is 16.8. The lowest BCUT2D eigenvalue weighted by atomic mass is 9.83. The van der Waals surface area contributed by atoms with Gasteiger partial charge in [0, 0.05) is 31.8 Å². The van der Waals surface area contributed by atoms with Crippen molar-refractivity contribution in [3.05, 3.63) is 65.2 Å². The predicted octanol–water partition coefficient (Wildman–Crippen LogP) is 3.59. The summed E-state index contributed by atoms with van der Waals surface area (Å²) in [4.78, 5) is 42.8. The third-order valence-electron chi connectivity index (χ3n) is 6.47. The molecule has 2 aromatic rings. The molecule has 7 nitrogen and oxygen atoms in total. The van der Waals surface area contributed by atoms with Gasteiger partial charge in [-0.2, -0.15) is 13.2 Å². The maximum absolute atomic E-state index is 13.7. The third kappa shape index (κ3) is 4.47. The van der Waals surface area contributed by atoms with Gasteiger partial charge in [-0.15, -0.1) is 0 Å². The number of anilines is 1. The minimum atomic E-state index is -4.56. The summed E-state index contributed by atoms with van der Waals surface area (Å²) in [5, 5.41) is 2.44. The first kappa shape index (κ1) is 25.4. The molecule has 2 heterocycles. The molecule has 0 unspecified atom stereocenters. The average molecular weight is 510 g/mol. The Morgan fingerprint density at radius 1 is 0.944 bits per heavy atom. The van der Waals surface area contributed by atoms with Crippen LogP contribution in [0.15, 0.2) is 48.5 Å². The van der Waals surface area contributed by atoms with Crippen molar-refractivity contribution in [2.75, 3.05) is 31.6 Å². The topological polar surface area (TPSA) is 73.0 Å². The quantitative estimate of drug-likeness (QED) is 0.640. The lowest BCUT2D eigenvalue weighted by molar-refractivity contribution is -0.161. The molecule has 1 spiro atoms. The van der Waals surface area contributed by atoms with Crippen molar-refractivity contribution < 1.29 is 36.3 Å². The van der Waals surface area contributed by atoms with Crippen LogP contribution in [0.3, 0.4) is 0 Å². The van der Waals surface area contributed by atoms with Gasteiger partial charge in [-0.05, 0) is 29.8 Å². The SMILES string of the molecule is CNC(=O)N1CC2(C1)C(=O)N(c1ccc(C(F)(F)F)cc1)CC(=O)N2Cc1ccc(C(C)(F)F)cc1.